The molecule has 2 N–H and O–H groups in total. The van der Waals surface area contributed by atoms with Crippen LogP contribution in [-0.2, 0) is 16.0 Å². The van der Waals surface area contributed by atoms with Crippen LogP contribution in [0, 0.1) is 5.92 Å². The van der Waals surface area contributed by atoms with E-state index in [1.165, 1.54) is 12.1 Å². The molecule has 20 heavy (non-hydrogen) atoms. The van der Waals surface area contributed by atoms with Crippen LogP contribution in [0.15, 0.2) is 24.3 Å². The fraction of sp³-hybridized carbons (Fsp3) is 0.429. The summed E-state index contributed by atoms with van der Waals surface area (Å²) in [4.78, 5) is 22.7. The van der Waals surface area contributed by atoms with Gasteiger partial charge in [0.2, 0.25) is 5.91 Å². The third-order valence-corrected chi connectivity index (χ3v) is 3.04. The summed E-state index contributed by atoms with van der Waals surface area (Å²) in [7, 11) is 0. The molecule has 5 nitrogen and oxygen atoms in total. The molecule has 1 aromatic rings. The van der Waals surface area contributed by atoms with E-state index in [1.807, 2.05) is 6.92 Å². The van der Waals surface area contributed by atoms with Gasteiger partial charge in [-0.05, 0) is 30.5 Å². The minimum Gasteiger partial charge on any atom is -0.548 e. The number of carboxylic acids is 1. The van der Waals surface area contributed by atoms with Crippen LogP contribution in [0.25, 0.3) is 0 Å². The summed E-state index contributed by atoms with van der Waals surface area (Å²) in [6, 6.07) is 5.10. The monoisotopic (exact) mass is 287 g/mol. The SMILES string of the molecule is CCC(C)C(=O)N[C@H](Cc1ccc(O)cc1)C(=O)[O-].[Na+]. The Kier molecular flexibility index (Phi) is 8.53. The summed E-state index contributed by atoms with van der Waals surface area (Å²) < 4.78 is 0. The topological polar surface area (TPSA) is 89.5 Å². The molecule has 2 atom stereocenters. The molecule has 0 saturated heterocycles. The predicted octanol–water partition coefficient (Wildman–Crippen LogP) is -2.78. The largest absolute Gasteiger partial charge is 1.00 e. The van der Waals surface area contributed by atoms with Gasteiger partial charge in [0.05, 0.1) is 12.0 Å². The number of carbonyl (C=O) groups excluding carboxylic acids is 2. The number of carbonyl (C=O) groups is 2. The molecule has 0 heterocycles. The second-order valence-corrected chi connectivity index (χ2v) is 4.56. The van der Waals surface area contributed by atoms with Gasteiger partial charge in [0.15, 0.2) is 0 Å². The standard InChI is InChI=1S/C14H19NO4.Na/c1-3-9(2)13(17)15-12(14(18)19)8-10-4-6-11(16)7-5-10;/h4-7,9,12,16H,3,8H2,1-2H3,(H,15,17)(H,18,19);/q;+1/p-1/t9?,12-;/m1./s1. The van der Waals surface area contributed by atoms with Gasteiger partial charge in [-0.3, -0.25) is 4.79 Å². The van der Waals surface area contributed by atoms with E-state index in [1.54, 1.807) is 19.1 Å². The molecular formula is C14H18NNaO4. The van der Waals surface area contributed by atoms with Crippen molar-refractivity contribution in [3.63, 3.8) is 0 Å². The zero-order valence-corrected chi connectivity index (χ0v) is 14.1. The van der Waals surface area contributed by atoms with Crippen LogP contribution in [-0.4, -0.2) is 23.0 Å². The van der Waals surface area contributed by atoms with Gasteiger partial charge in [0, 0.05) is 5.92 Å². The quantitative estimate of drug-likeness (QED) is 0.554. The summed E-state index contributed by atoms with van der Waals surface area (Å²) in [5, 5.41) is 22.7. The fourth-order valence-electron chi connectivity index (χ4n) is 1.56. The molecular weight excluding hydrogens is 269 g/mol. The van der Waals surface area contributed by atoms with Gasteiger partial charge >= 0.3 is 29.6 Å². The Balaban J connectivity index is 0.00000361. The third-order valence-electron chi connectivity index (χ3n) is 3.04. The number of hydrogen-bond acceptors (Lipinski definition) is 4. The molecule has 0 saturated carbocycles. The molecule has 0 aliphatic rings. The Labute approximate surface area is 140 Å². The molecule has 0 aliphatic heterocycles. The van der Waals surface area contributed by atoms with Crippen LogP contribution in [0.5, 0.6) is 5.75 Å². The molecule has 1 rings (SSSR count). The fourth-order valence-corrected chi connectivity index (χ4v) is 1.56. The van der Waals surface area contributed by atoms with E-state index in [0.29, 0.717) is 12.0 Å². The van der Waals surface area contributed by atoms with E-state index >= 15 is 0 Å². The normalized spacial score (nSPS) is 12.9. The van der Waals surface area contributed by atoms with Crippen molar-refractivity contribution < 1.29 is 49.4 Å². The van der Waals surface area contributed by atoms with Gasteiger partial charge in [-0.25, -0.2) is 0 Å². The first kappa shape index (κ1) is 19.0. The Morgan fingerprint density at radius 2 is 1.85 bits per heavy atom. The van der Waals surface area contributed by atoms with Crippen molar-refractivity contribution in [3.05, 3.63) is 29.8 Å². The van der Waals surface area contributed by atoms with Crippen LogP contribution in [0.3, 0.4) is 0 Å². The van der Waals surface area contributed by atoms with Crippen molar-refractivity contribution in [1.82, 2.24) is 5.32 Å². The Morgan fingerprint density at radius 3 is 2.30 bits per heavy atom. The van der Waals surface area contributed by atoms with Gasteiger partial charge in [0.25, 0.3) is 0 Å². The summed E-state index contributed by atoms with van der Waals surface area (Å²) >= 11 is 0. The minimum atomic E-state index is -1.32. The molecule has 0 fully saturated rings. The van der Waals surface area contributed by atoms with Crippen LogP contribution in [0.4, 0.5) is 0 Å². The molecule has 0 aliphatic carbocycles. The zero-order valence-electron chi connectivity index (χ0n) is 12.1. The number of nitrogens with one attached hydrogen (secondary N) is 1. The van der Waals surface area contributed by atoms with Crippen molar-refractivity contribution in [2.75, 3.05) is 0 Å². The van der Waals surface area contributed by atoms with Crippen molar-refractivity contribution in [1.29, 1.82) is 0 Å². The van der Waals surface area contributed by atoms with E-state index in [2.05, 4.69) is 5.32 Å². The average Bonchev–Trinajstić information content (AvgIpc) is 2.39. The first-order valence-corrected chi connectivity index (χ1v) is 6.23. The van der Waals surface area contributed by atoms with E-state index in [-0.39, 0.29) is 53.6 Å². The number of carboxylic acid groups (broad SMARTS) is 1. The number of phenols is 1. The molecule has 0 bridgehead atoms. The van der Waals surface area contributed by atoms with Gasteiger partial charge in [-0.1, -0.05) is 26.0 Å². The van der Waals surface area contributed by atoms with E-state index in [4.69, 9.17) is 5.11 Å². The molecule has 6 heteroatoms. The first-order chi connectivity index (χ1) is 8.93. The molecule has 0 aromatic heterocycles. The van der Waals surface area contributed by atoms with E-state index in [0.717, 1.165) is 0 Å². The number of amides is 1. The Morgan fingerprint density at radius 1 is 1.30 bits per heavy atom. The van der Waals surface area contributed by atoms with Crippen molar-refractivity contribution in [2.45, 2.75) is 32.7 Å². The second kappa shape index (κ2) is 9.00. The summed E-state index contributed by atoms with van der Waals surface area (Å²) in [5.41, 5.74) is 0.705. The maximum absolute atomic E-state index is 11.7. The Hall–Kier alpha value is -1.04. The van der Waals surface area contributed by atoms with Crippen molar-refractivity contribution in [3.8, 4) is 5.75 Å². The minimum absolute atomic E-state index is 0. The van der Waals surface area contributed by atoms with E-state index in [9.17, 15) is 14.7 Å². The summed E-state index contributed by atoms with van der Waals surface area (Å²) in [6.07, 6.45) is 0.773. The van der Waals surface area contributed by atoms with Crippen molar-refractivity contribution >= 4 is 11.9 Å². The summed E-state index contributed by atoms with van der Waals surface area (Å²) in [5.74, 6) is -1.74. The Bertz CT molecular complexity index is 447. The molecule has 0 radical (unpaired) electrons. The van der Waals surface area contributed by atoms with Gasteiger partial charge in [0.1, 0.15) is 5.75 Å². The molecule has 0 spiro atoms. The summed E-state index contributed by atoms with van der Waals surface area (Å²) in [6.45, 7) is 3.60. The zero-order chi connectivity index (χ0) is 14.4. The number of phenolic OH excluding ortho intramolecular Hbond substituents is 1. The van der Waals surface area contributed by atoms with Crippen LogP contribution < -0.4 is 40.0 Å². The smallest absolute Gasteiger partial charge is 0.548 e. The number of aromatic hydroxyl groups is 1. The molecule has 1 unspecified atom stereocenters. The van der Waals surface area contributed by atoms with E-state index < -0.39 is 12.0 Å². The van der Waals surface area contributed by atoms with Crippen molar-refractivity contribution in [2.24, 2.45) is 5.92 Å². The number of rotatable bonds is 6. The van der Waals surface area contributed by atoms with Crippen LogP contribution in [0.1, 0.15) is 25.8 Å². The number of benzene rings is 1. The molecule has 1 amide bonds. The van der Waals surface area contributed by atoms with Gasteiger partial charge < -0.3 is 20.3 Å². The third kappa shape index (κ3) is 5.94. The second-order valence-electron chi connectivity index (χ2n) is 4.56. The number of aliphatic carboxylic acids is 1. The predicted molar refractivity (Wildman–Crippen MR) is 68.2 cm³/mol. The average molecular weight is 287 g/mol. The van der Waals surface area contributed by atoms with Crippen LogP contribution >= 0.6 is 0 Å². The van der Waals surface area contributed by atoms with Crippen LogP contribution in [0.2, 0.25) is 0 Å². The maximum atomic E-state index is 11.7. The first-order valence-electron chi connectivity index (χ1n) is 6.23. The molecule has 1 aromatic carbocycles. The number of hydrogen-bond donors (Lipinski definition) is 2. The maximum Gasteiger partial charge on any atom is 1.00 e. The van der Waals surface area contributed by atoms with Gasteiger partial charge in [-0.2, -0.15) is 0 Å². The van der Waals surface area contributed by atoms with Gasteiger partial charge in [-0.15, -0.1) is 0 Å². The molecule has 104 valence electrons.